The minimum Gasteiger partial charge on any atom is -0.492 e. The maximum absolute atomic E-state index is 12.6. The molecule has 0 spiro atoms. The molecule has 0 heterocycles. The smallest absolute Gasteiger partial charge is 0.321 e. The molecule has 0 aliphatic heterocycles. The number of aryl methyl sites for hydroxylation is 2. The Morgan fingerprint density at radius 2 is 1.61 bits per heavy atom. The van der Waals surface area contributed by atoms with Crippen molar-refractivity contribution in [3.8, 4) is 5.75 Å². The summed E-state index contributed by atoms with van der Waals surface area (Å²) >= 11 is 0. The summed E-state index contributed by atoms with van der Waals surface area (Å²) in [7, 11) is 1.70. The Bertz CT molecular complexity index is 1030. The van der Waals surface area contributed by atoms with E-state index in [1.807, 2.05) is 74.5 Å². The first-order valence-electron chi connectivity index (χ1n) is 10.1. The third-order valence-electron chi connectivity index (χ3n) is 4.84. The molecule has 0 aliphatic rings. The fraction of sp³-hybridized carbons (Fsp3) is 0.200. The average Bonchev–Trinajstić information content (AvgIpc) is 2.77. The number of hydrogen-bond acceptors (Lipinski definition) is 3. The molecule has 0 saturated carbocycles. The van der Waals surface area contributed by atoms with Gasteiger partial charge < -0.3 is 20.3 Å². The molecule has 0 atom stereocenters. The van der Waals surface area contributed by atoms with Gasteiger partial charge in [0.25, 0.3) is 5.91 Å². The average molecular weight is 418 g/mol. The summed E-state index contributed by atoms with van der Waals surface area (Å²) in [5, 5.41) is 5.73. The zero-order valence-corrected chi connectivity index (χ0v) is 18.0. The van der Waals surface area contributed by atoms with Crippen LogP contribution in [0.3, 0.4) is 0 Å². The predicted molar refractivity (Wildman–Crippen MR) is 124 cm³/mol. The number of carbonyl (C=O) groups excluding carboxylic acids is 2. The Balaban J connectivity index is 1.56. The number of carbonyl (C=O) groups is 2. The second-order valence-electron chi connectivity index (χ2n) is 7.36. The Labute approximate surface area is 182 Å². The number of ether oxygens (including phenoxy) is 1. The van der Waals surface area contributed by atoms with Gasteiger partial charge in [0.05, 0.1) is 6.54 Å². The molecule has 3 rings (SSSR count). The van der Waals surface area contributed by atoms with Gasteiger partial charge in [0, 0.05) is 24.0 Å². The third kappa shape index (κ3) is 6.34. The van der Waals surface area contributed by atoms with Crippen LogP contribution in [0.15, 0.2) is 72.8 Å². The lowest BCUT2D eigenvalue weighted by Gasteiger charge is -2.19. The largest absolute Gasteiger partial charge is 0.492 e. The Hall–Kier alpha value is -3.80. The number of amides is 3. The number of anilines is 2. The van der Waals surface area contributed by atoms with E-state index in [1.165, 1.54) is 5.56 Å². The van der Waals surface area contributed by atoms with E-state index in [0.29, 0.717) is 30.1 Å². The number of para-hydroxylation sites is 1. The van der Waals surface area contributed by atoms with Gasteiger partial charge in [0.1, 0.15) is 12.4 Å². The quantitative estimate of drug-likeness (QED) is 0.562. The van der Waals surface area contributed by atoms with Gasteiger partial charge in [-0.1, -0.05) is 42.0 Å². The predicted octanol–water partition coefficient (Wildman–Crippen LogP) is 5.10. The van der Waals surface area contributed by atoms with Gasteiger partial charge in [-0.2, -0.15) is 0 Å². The molecule has 0 aromatic heterocycles. The molecule has 6 heteroatoms. The molecule has 160 valence electrons. The molecule has 6 nitrogen and oxygen atoms in total. The van der Waals surface area contributed by atoms with Crippen molar-refractivity contribution >= 4 is 23.3 Å². The van der Waals surface area contributed by atoms with Crippen LogP contribution in [0, 0.1) is 13.8 Å². The van der Waals surface area contributed by atoms with Gasteiger partial charge in [-0.05, 0) is 55.8 Å². The van der Waals surface area contributed by atoms with Gasteiger partial charge in [0.2, 0.25) is 0 Å². The summed E-state index contributed by atoms with van der Waals surface area (Å²) in [5.74, 6) is 0.536. The Morgan fingerprint density at radius 3 is 2.32 bits per heavy atom. The van der Waals surface area contributed by atoms with Gasteiger partial charge in [-0.15, -0.1) is 0 Å². The lowest BCUT2D eigenvalue weighted by molar-refractivity contribution is 0.102. The zero-order chi connectivity index (χ0) is 22.2. The molecule has 2 N–H and O–H groups in total. The SMILES string of the molecule is Cc1ccc(OCCN(C)C(=O)Nc2cc(C(=O)Nc3ccccc3)ccc2C)cc1. The maximum atomic E-state index is 12.6. The van der Waals surface area contributed by atoms with Crippen molar-refractivity contribution in [3.05, 3.63) is 89.5 Å². The molecule has 0 radical (unpaired) electrons. The first-order chi connectivity index (χ1) is 14.9. The van der Waals surface area contributed by atoms with Crippen LogP contribution >= 0.6 is 0 Å². The van der Waals surface area contributed by atoms with Crippen molar-refractivity contribution in [2.75, 3.05) is 30.8 Å². The third-order valence-corrected chi connectivity index (χ3v) is 4.84. The first kappa shape index (κ1) is 21.9. The van der Waals surface area contributed by atoms with Crippen molar-refractivity contribution in [1.29, 1.82) is 0 Å². The van der Waals surface area contributed by atoms with E-state index >= 15 is 0 Å². The number of nitrogens with one attached hydrogen (secondary N) is 2. The summed E-state index contributed by atoms with van der Waals surface area (Å²) in [5.41, 5.74) is 3.81. The molecule has 0 unspecified atom stereocenters. The number of benzene rings is 3. The Morgan fingerprint density at radius 1 is 0.903 bits per heavy atom. The summed E-state index contributed by atoms with van der Waals surface area (Å²) in [6.45, 7) is 4.71. The normalized spacial score (nSPS) is 10.3. The molecular formula is C25H27N3O3. The number of likely N-dealkylation sites (N-methyl/N-ethyl adjacent to an activating group) is 1. The van der Waals surface area contributed by atoms with Crippen LogP contribution in [0.4, 0.5) is 16.2 Å². The van der Waals surface area contributed by atoms with Crippen molar-refractivity contribution in [1.82, 2.24) is 4.90 Å². The fourth-order valence-corrected chi connectivity index (χ4v) is 2.87. The molecule has 31 heavy (non-hydrogen) atoms. The number of hydrogen-bond donors (Lipinski definition) is 2. The molecule has 3 amide bonds. The highest BCUT2D eigenvalue weighted by Crippen LogP contribution is 2.19. The van der Waals surface area contributed by atoms with E-state index in [1.54, 1.807) is 24.1 Å². The fourth-order valence-electron chi connectivity index (χ4n) is 2.87. The highest BCUT2D eigenvalue weighted by atomic mass is 16.5. The van der Waals surface area contributed by atoms with E-state index in [4.69, 9.17) is 4.74 Å². The van der Waals surface area contributed by atoms with Crippen molar-refractivity contribution in [2.45, 2.75) is 13.8 Å². The number of rotatable bonds is 7. The second kappa shape index (κ2) is 10.3. The summed E-state index contributed by atoms with van der Waals surface area (Å²) in [4.78, 5) is 26.7. The molecular weight excluding hydrogens is 390 g/mol. The van der Waals surface area contributed by atoms with Crippen molar-refractivity contribution < 1.29 is 14.3 Å². The summed E-state index contributed by atoms with van der Waals surface area (Å²) in [6.07, 6.45) is 0. The monoisotopic (exact) mass is 417 g/mol. The highest BCUT2D eigenvalue weighted by molar-refractivity contribution is 6.05. The Kier molecular flexibility index (Phi) is 7.27. The standard InChI is InChI=1S/C25H27N3O3/c1-18-9-13-22(14-10-18)31-16-15-28(3)25(30)27-23-17-20(12-11-19(23)2)24(29)26-21-7-5-4-6-8-21/h4-14,17H,15-16H2,1-3H3,(H,26,29)(H,27,30). The minimum absolute atomic E-state index is 0.235. The number of nitrogens with zero attached hydrogens (tertiary/aromatic N) is 1. The van der Waals surface area contributed by atoms with Crippen molar-refractivity contribution in [2.24, 2.45) is 0 Å². The lowest BCUT2D eigenvalue weighted by atomic mass is 10.1. The van der Waals surface area contributed by atoms with E-state index in [2.05, 4.69) is 10.6 Å². The van der Waals surface area contributed by atoms with Crippen LogP contribution in [0.2, 0.25) is 0 Å². The van der Waals surface area contributed by atoms with Gasteiger partial charge in [-0.3, -0.25) is 4.79 Å². The summed E-state index contributed by atoms with van der Waals surface area (Å²) < 4.78 is 5.69. The van der Waals surface area contributed by atoms with Crippen LogP contribution in [-0.2, 0) is 0 Å². The van der Waals surface area contributed by atoms with E-state index in [9.17, 15) is 9.59 Å². The van der Waals surface area contributed by atoms with E-state index in [-0.39, 0.29) is 11.9 Å². The first-order valence-corrected chi connectivity index (χ1v) is 10.1. The van der Waals surface area contributed by atoms with Gasteiger partial charge >= 0.3 is 6.03 Å². The van der Waals surface area contributed by atoms with Crippen LogP contribution < -0.4 is 15.4 Å². The molecule has 3 aromatic rings. The van der Waals surface area contributed by atoms with Crippen LogP contribution in [-0.4, -0.2) is 37.0 Å². The topological polar surface area (TPSA) is 70.7 Å². The second-order valence-corrected chi connectivity index (χ2v) is 7.36. The molecule has 0 bridgehead atoms. The van der Waals surface area contributed by atoms with Gasteiger partial charge in [0.15, 0.2) is 0 Å². The van der Waals surface area contributed by atoms with Crippen LogP contribution in [0.5, 0.6) is 5.75 Å². The molecule has 3 aromatic carbocycles. The molecule has 0 aliphatic carbocycles. The molecule has 0 saturated heterocycles. The molecule has 0 fully saturated rings. The summed E-state index contributed by atoms with van der Waals surface area (Å²) in [6, 6.07) is 22.0. The van der Waals surface area contributed by atoms with E-state index < -0.39 is 0 Å². The number of urea groups is 1. The zero-order valence-electron chi connectivity index (χ0n) is 18.0. The van der Waals surface area contributed by atoms with Crippen molar-refractivity contribution in [3.63, 3.8) is 0 Å². The highest BCUT2D eigenvalue weighted by Gasteiger charge is 2.13. The van der Waals surface area contributed by atoms with Gasteiger partial charge in [-0.25, -0.2) is 4.79 Å². The van der Waals surface area contributed by atoms with Crippen LogP contribution in [0.25, 0.3) is 0 Å². The van der Waals surface area contributed by atoms with Crippen LogP contribution in [0.1, 0.15) is 21.5 Å². The lowest BCUT2D eigenvalue weighted by Crippen LogP contribution is -2.34. The van der Waals surface area contributed by atoms with E-state index in [0.717, 1.165) is 11.3 Å². The maximum Gasteiger partial charge on any atom is 0.321 e. The minimum atomic E-state index is -0.267.